The van der Waals surface area contributed by atoms with Gasteiger partial charge in [0.05, 0.1) is 18.3 Å². The van der Waals surface area contributed by atoms with Crippen molar-refractivity contribution >= 4 is 23.2 Å². The maximum absolute atomic E-state index is 12.8. The zero-order chi connectivity index (χ0) is 21.1. The van der Waals surface area contributed by atoms with E-state index in [-0.39, 0.29) is 17.9 Å². The highest BCUT2D eigenvalue weighted by Gasteiger charge is 2.28. The molecule has 1 aliphatic rings. The number of hydrogen-bond acceptors (Lipinski definition) is 3. The van der Waals surface area contributed by atoms with Gasteiger partial charge in [-0.05, 0) is 43.2 Å². The van der Waals surface area contributed by atoms with E-state index in [9.17, 15) is 4.79 Å². The predicted octanol–water partition coefficient (Wildman–Crippen LogP) is 5.88. The van der Waals surface area contributed by atoms with Gasteiger partial charge >= 0.3 is 0 Å². The van der Waals surface area contributed by atoms with Crippen molar-refractivity contribution in [3.05, 3.63) is 29.3 Å². The van der Waals surface area contributed by atoms with Crippen LogP contribution in [0.4, 0.5) is 5.69 Å². The summed E-state index contributed by atoms with van der Waals surface area (Å²) in [5.74, 6) is -0.146. The molecule has 0 bridgehead atoms. The molecule has 0 spiro atoms. The first-order valence-electron chi connectivity index (χ1n) is 11.4. The molecule has 1 aromatic carbocycles. The zero-order valence-corrected chi connectivity index (χ0v) is 19.2. The van der Waals surface area contributed by atoms with E-state index in [2.05, 4.69) is 39.0 Å². The Labute approximate surface area is 181 Å². The van der Waals surface area contributed by atoms with Crippen LogP contribution in [0.3, 0.4) is 0 Å². The quantitative estimate of drug-likeness (QED) is 0.329. The lowest BCUT2D eigenvalue weighted by Gasteiger charge is -2.31. The molecule has 0 aliphatic carbocycles. The van der Waals surface area contributed by atoms with Crippen molar-refractivity contribution in [1.82, 2.24) is 0 Å². The SMILES string of the molecule is CCCCCCC1CCCOC(CN(C(=O)CCl)c2c(CC)cccc2CC)O1. The number of halogens is 1. The molecule has 5 heteroatoms. The summed E-state index contributed by atoms with van der Waals surface area (Å²) < 4.78 is 12.3. The molecule has 1 fully saturated rings. The van der Waals surface area contributed by atoms with Gasteiger partial charge in [-0.15, -0.1) is 11.6 Å². The van der Waals surface area contributed by atoms with Crippen molar-refractivity contribution in [2.45, 2.75) is 91.0 Å². The topological polar surface area (TPSA) is 38.8 Å². The summed E-state index contributed by atoms with van der Waals surface area (Å²) >= 11 is 5.99. The number of nitrogens with zero attached hydrogens (tertiary/aromatic N) is 1. The summed E-state index contributed by atoms with van der Waals surface area (Å²) in [4.78, 5) is 14.6. The zero-order valence-electron chi connectivity index (χ0n) is 18.4. The average Bonchev–Trinajstić information content (AvgIpc) is 2.99. The van der Waals surface area contributed by atoms with E-state index in [1.165, 1.54) is 25.7 Å². The summed E-state index contributed by atoms with van der Waals surface area (Å²) in [7, 11) is 0. The highest BCUT2D eigenvalue weighted by molar-refractivity contribution is 6.29. The van der Waals surface area contributed by atoms with Crippen molar-refractivity contribution in [3.63, 3.8) is 0 Å². The van der Waals surface area contributed by atoms with Gasteiger partial charge in [0.2, 0.25) is 5.91 Å². The maximum atomic E-state index is 12.8. The predicted molar refractivity (Wildman–Crippen MR) is 121 cm³/mol. The molecule has 0 N–H and O–H groups in total. The molecule has 1 aliphatic heterocycles. The van der Waals surface area contributed by atoms with Crippen LogP contribution in [0.25, 0.3) is 0 Å². The van der Waals surface area contributed by atoms with E-state index < -0.39 is 6.29 Å². The normalized spacial score (nSPS) is 19.7. The maximum Gasteiger partial charge on any atom is 0.242 e. The van der Waals surface area contributed by atoms with Crippen LogP contribution in [0, 0.1) is 0 Å². The highest BCUT2D eigenvalue weighted by atomic mass is 35.5. The summed E-state index contributed by atoms with van der Waals surface area (Å²) in [6.07, 6.45) is 9.58. The van der Waals surface area contributed by atoms with Crippen molar-refractivity contribution in [1.29, 1.82) is 0 Å². The Morgan fingerprint density at radius 2 is 1.86 bits per heavy atom. The van der Waals surface area contributed by atoms with Crippen LogP contribution >= 0.6 is 11.6 Å². The fraction of sp³-hybridized carbons (Fsp3) is 0.708. The molecule has 1 heterocycles. The fourth-order valence-corrected chi connectivity index (χ4v) is 4.20. The summed E-state index contributed by atoms with van der Waals surface area (Å²) in [5, 5.41) is 0. The molecule has 1 aromatic rings. The molecular formula is C24H38ClNO3. The Morgan fingerprint density at radius 1 is 1.14 bits per heavy atom. The van der Waals surface area contributed by atoms with Gasteiger partial charge in [-0.1, -0.05) is 64.7 Å². The van der Waals surface area contributed by atoms with Crippen LogP contribution in [0.2, 0.25) is 0 Å². The first-order valence-corrected chi connectivity index (χ1v) is 11.9. The van der Waals surface area contributed by atoms with Gasteiger partial charge in [0.25, 0.3) is 0 Å². The lowest BCUT2D eigenvalue weighted by molar-refractivity contribution is -0.151. The molecule has 2 rings (SSSR count). The Bertz CT molecular complexity index is 600. The van der Waals surface area contributed by atoms with E-state index in [0.29, 0.717) is 13.2 Å². The Morgan fingerprint density at radius 3 is 2.48 bits per heavy atom. The molecule has 2 unspecified atom stereocenters. The molecule has 0 saturated carbocycles. The average molecular weight is 424 g/mol. The van der Waals surface area contributed by atoms with Crippen molar-refractivity contribution < 1.29 is 14.3 Å². The third-order valence-corrected chi connectivity index (χ3v) is 5.91. The van der Waals surface area contributed by atoms with Crippen LogP contribution in [0.1, 0.15) is 76.8 Å². The second-order valence-electron chi connectivity index (χ2n) is 7.82. The second kappa shape index (κ2) is 13.3. The van der Waals surface area contributed by atoms with Crippen molar-refractivity contribution in [2.75, 3.05) is 23.9 Å². The smallest absolute Gasteiger partial charge is 0.242 e. The van der Waals surface area contributed by atoms with Crippen molar-refractivity contribution in [2.24, 2.45) is 0 Å². The number of anilines is 1. The number of hydrogen-bond donors (Lipinski definition) is 0. The number of para-hydroxylation sites is 1. The molecule has 1 saturated heterocycles. The standard InChI is InChI=1S/C24H38ClNO3/c1-4-7-8-9-14-21-15-11-16-28-23(29-21)18-26(22(27)17-25)24-19(5-2)12-10-13-20(24)6-3/h10,12-13,21,23H,4-9,11,14-18H2,1-3H3. The van der Waals surface area contributed by atoms with Gasteiger partial charge in [-0.25, -0.2) is 0 Å². The number of rotatable bonds is 11. The second-order valence-corrected chi connectivity index (χ2v) is 8.09. The number of amides is 1. The lowest BCUT2D eigenvalue weighted by Crippen LogP contribution is -2.42. The van der Waals surface area contributed by atoms with E-state index >= 15 is 0 Å². The minimum absolute atomic E-state index is 0.0473. The molecule has 1 amide bonds. The molecule has 4 nitrogen and oxygen atoms in total. The first-order chi connectivity index (χ1) is 14.1. The summed E-state index contributed by atoms with van der Waals surface area (Å²) in [6.45, 7) is 7.53. The Kier molecular flexibility index (Phi) is 11.0. The van der Waals surface area contributed by atoms with E-state index in [4.69, 9.17) is 21.1 Å². The largest absolute Gasteiger partial charge is 0.351 e. The highest BCUT2D eigenvalue weighted by Crippen LogP contribution is 2.29. The molecule has 0 aromatic heterocycles. The minimum atomic E-state index is -0.407. The van der Waals surface area contributed by atoms with E-state index in [0.717, 1.165) is 48.9 Å². The van der Waals surface area contributed by atoms with Crippen LogP contribution < -0.4 is 4.90 Å². The van der Waals surface area contributed by atoms with Crippen LogP contribution in [0.15, 0.2) is 18.2 Å². The minimum Gasteiger partial charge on any atom is -0.351 e. The molecule has 2 atom stereocenters. The van der Waals surface area contributed by atoms with Gasteiger partial charge in [0.15, 0.2) is 6.29 Å². The summed E-state index contributed by atoms with van der Waals surface area (Å²) in [5.41, 5.74) is 3.30. The van der Waals surface area contributed by atoms with Gasteiger partial charge < -0.3 is 14.4 Å². The number of unbranched alkanes of at least 4 members (excludes halogenated alkanes) is 3. The molecule has 164 valence electrons. The third kappa shape index (κ3) is 7.27. The number of ether oxygens (including phenoxy) is 2. The van der Waals surface area contributed by atoms with E-state index in [1.807, 2.05) is 0 Å². The van der Waals surface area contributed by atoms with Crippen molar-refractivity contribution in [3.8, 4) is 0 Å². The Hall–Kier alpha value is -1.10. The van der Waals surface area contributed by atoms with Gasteiger partial charge in [-0.3, -0.25) is 4.79 Å². The number of alkyl halides is 1. The van der Waals surface area contributed by atoms with Crippen LogP contribution in [-0.2, 0) is 27.1 Å². The molecular weight excluding hydrogens is 386 g/mol. The number of benzene rings is 1. The first kappa shape index (κ1) is 24.2. The number of carbonyl (C=O) groups excluding carboxylic acids is 1. The molecule has 29 heavy (non-hydrogen) atoms. The molecule has 0 radical (unpaired) electrons. The van der Waals surface area contributed by atoms with Crippen LogP contribution in [-0.4, -0.2) is 37.3 Å². The number of aryl methyl sites for hydroxylation is 2. The van der Waals surface area contributed by atoms with Crippen LogP contribution in [0.5, 0.6) is 0 Å². The Balaban J connectivity index is 2.16. The summed E-state index contributed by atoms with van der Waals surface area (Å²) in [6, 6.07) is 6.25. The van der Waals surface area contributed by atoms with Gasteiger partial charge in [0.1, 0.15) is 5.88 Å². The lowest BCUT2D eigenvalue weighted by atomic mass is 10.0. The van der Waals surface area contributed by atoms with E-state index in [1.54, 1.807) is 4.90 Å². The number of carbonyl (C=O) groups is 1. The van der Waals surface area contributed by atoms with Gasteiger partial charge in [0, 0.05) is 6.61 Å². The van der Waals surface area contributed by atoms with Gasteiger partial charge in [-0.2, -0.15) is 0 Å². The monoisotopic (exact) mass is 423 g/mol. The third-order valence-electron chi connectivity index (χ3n) is 5.68. The fourth-order valence-electron chi connectivity index (χ4n) is 4.06.